The number of hydrogen-bond acceptors (Lipinski definition) is 10. The van der Waals surface area contributed by atoms with E-state index < -0.39 is 24.0 Å². The summed E-state index contributed by atoms with van der Waals surface area (Å²) in [6, 6.07) is 16.4. The second-order valence-electron chi connectivity index (χ2n) is 7.59. The maximum Gasteiger partial charge on any atom is 0.291 e. The van der Waals surface area contributed by atoms with Gasteiger partial charge in [-0.05, 0) is 18.0 Å². The van der Waals surface area contributed by atoms with Crippen molar-refractivity contribution < 1.29 is 14.3 Å². The predicted octanol–water partition coefficient (Wildman–Crippen LogP) is 1.18. The maximum atomic E-state index is 12.9. The molecule has 0 aromatic heterocycles. The number of fused-ring (bicyclic) bond motifs is 1. The van der Waals surface area contributed by atoms with Crippen molar-refractivity contribution in [1.29, 1.82) is 5.41 Å². The third kappa shape index (κ3) is 5.62. The maximum absolute atomic E-state index is 12.9. The van der Waals surface area contributed by atoms with Gasteiger partial charge in [-0.3, -0.25) is 15.3 Å². The van der Waals surface area contributed by atoms with Gasteiger partial charge in [0, 0.05) is 24.2 Å². The highest BCUT2D eigenvalue weighted by Gasteiger charge is 2.26. The highest BCUT2D eigenvalue weighted by atomic mass is 32.2. The average molecular weight is 495 g/mol. The van der Waals surface area contributed by atoms with Gasteiger partial charge < -0.3 is 31.2 Å². The number of aliphatic imine (C=N–C) groups is 2. The predicted molar refractivity (Wildman–Crippen MR) is 137 cm³/mol. The largest absolute Gasteiger partial charge is 0.405 e. The van der Waals surface area contributed by atoms with Gasteiger partial charge in [-0.25, -0.2) is 4.99 Å². The first-order valence-corrected chi connectivity index (χ1v) is 11.7. The minimum atomic E-state index is -1.24. The molecule has 8 N–H and O–H groups in total. The Hall–Kier alpha value is -3.87. The van der Waals surface area contributed by atoms with Crippen LogP contribution in [-0.4, -0.2) is 60.9 Å². The van der Waals surface area contributed by atoms with E-state index in [1.807, 2.05) is 53.4 Å². The number of benzodiazepines with no additional fused rings is 1. The van der Waals surface area contributed by atoms with Crippen molar-refractivity contribution in [3.8, 4) is 0 Å². The fraction of sp³-hybridized carbons (Fsp3) is 0.217. The number of anilines is 1. The summed E-state index contributed by atoms with van der Waals surface area (Å²) in [5, 5.41) is 17.3. The summed E-state index contributed by atoms with van der Waals surface area (Å²) < 4.78 is 10.7. The summed E-state index contributed by atoms with van der Waals surface area (Å²) >= 11 is 0.907. The van der Waals surface area contributed by atoms with Gasteiger partial charge in [0.2, 0.25) is 12.1 Å². The number of nitrogens with zero attached hydrogens (tertiary/aromatic N) is 3. The normalized spacial score (nSPS) is 19.1. The van der Waals surface area contributed by atoms with Gasteiger partial charge in [0.25, 0.3) is 11.9 Å². The van der Waals surface area contributed by atoms with Crippen LogP contribution in [0.4, 0.5) is 5.69 Å². The molecule has 0 bridgehead atoms. The zero-order valence-corrected chi connectivity index (χ0v) is 19.6. The van der Waals surface area contributed by atoms with Crippen LogP contribution in [0.5, 0.6) is 0 Å². The number of amidine groups is 1. The molecule has 35 heavy (non-hydrogen) atoms. The van der Waals surface area contributed by atoms with Crippen molar-refractivity contribution in [2.24, 2.45) is 26.6 Å². The lowest BCUT2D eigenvalue weighted by atomic mass is 10.0. The Balaban J connectivity index is 1.61. The zero-order valence-electron chi connectivity index (χ0n) is 18.8. The van der Waals surface area contributed by atoms with Gasteiger partial charge in [-0.2, -0.15) is 4.99 Å². The van der Waals surface area contributed by atoms with Crippen molar-refractivity contribution in [3.05, 3.63) is 76.5 Å². The molecule has 2 aromatic carbocycles. The molecule has 2 heterocycles. The number of carbonyl (C=O) groups is 1. The number of benzene rings is 2. The van der Waals surface area contributed by atoms with Gasteiger partial charge >= 0.3 is 0 Å². The first kappa shape index (κ1) is 24.3. The summed E-state index contributed by atoms with van der Waals surface area (Å²) in [6.45, 7) is 2.21. The van der Waals surface area contributed by atoms with Crippen LogP contribution in [0.3, 0.4) is 0 Å². The average Bonchev–Trinajstić information content (AvgIpc) is 3.01. The fourth-order valence-electron chi connectivity index (χ4n) is 3.64. The molecular formula is C23H26N8O3S. The minimum Gasteiger partial charge on any atom is -0.405 e. The van der Waals surface area contributed by atoms with Crippen molar-refractivity contribution in [2.45, 2.75) is 6.17 Å². The fourth-order valence-corrected chi connectivity index (χ4v) is 4.19. The molecule has 2 aliphatic rings. The smallest absolute Gasteiger partial charge is 0.291 e. The summed E-state index contributed by atoms with van der Waals surface area (Å²) in [6.07, 6.45) is -1.24. The van der Waals surface area contributed by atoms with Crippen LogP contribution in [0.25, 0.3) is 0 Å². The number of morpholine rings is 1. The second kappa shape index (κ2) is 11.0. The molecule has 2 aliphatic heterocycles. The van der Waals surface area contributed by atoms with Crippen molar-refractivity contribution in [2.75, 3.05) is 31.6 Å². The second-order valence-corrected chi connectivity index (χ2v) is 8.21. The van der Waals surface area contributed by atoms with E-state index in [2.05, 4.69) is 15.3 Å². The number of para-hydroxylation sites is 1. The van der Waals surface area contributed by atoms with Gasteiger partial charge in [-0.1, -0.05) is 48.5 Å². The molecule has 12 heteroatoms. The Morgan fingerprint density at radius 3 is 2.54 bits per heavy atom. The molecular weight excluding hydrogens is 468 g/mol. The number of amides is 1. The van der Waals surface area contributed by atoms with E-state index in [9.17, 15) is 4.79 Å². The molecule has 1 fully saturated rings. The number of ether oxygens (including phenoxy) is 2. The van der Waals surface area contributed by atoms with E-state index in [1.54, 1.807) is 6.07 Å². The van der Waals surface area contributed by atoms with Gasteiger partial charge in [0.1, 0.15) is 10.7 Å². The topological polar surface area (TPSA) is 177 Å². The molecule has 0 saturated carbocycles. The SMILES string of the molecule is N=C(OC(N)=NC1N=C(c2ccccc2)c2ccccc2NC1=O)/C(N)=C(/SN)N1CCOCC1. The van der Waals surface area contributed by atoms with Gasteiger partial charge in [-0.15, -0.1) is 0 Å². The molecule has 1 amide bonds. The molecule has 0 spiro atoms. The molecule has 4 rings (SSSR count). The van der Waals surface area contributed by atoms with Crippen LogP contribution in [0.15, 0.2) is 75.3 Å². The molecule has 2 aromatic rings. The highest BCUT2D eigenvalue weighted by Crippen LogP contribution is 2.24. The highest BCUT2D eigenvalue weighted by molar-refractivity contribution is 8.00. The van der Waals surface area contributed by atoms with Crippen molar-refractivity contribution in [1.82, 2.24) is 4.90 Å². The standard InChI is InChI=1S/C23H26N8O3S/c24-17(22(35-27)31-10-12-33-13-11-31)19(25)34-23(26)30-20-21(32)28-16-9-5-4-8-15(16)18(29-20)14-6-2-1-3-7-14/h1-9,20,25H,10-13,24,27H2,(H2,26,30)(H,28,32)/b22-17-,25-19?. The van der Waals surface area contributed by atoms with E-state index in [4.69, 9.17) is 31.5 Å². The van der Waals surface area contributed by atoms with Crippen LogP contribution < -0.4 is 21.9 Å². The summed E-state index contributed by atoms with van der Waals surface area (Å²) in [7, 11) is 0. The van der Waals surface area contributed by atoms with Crippen LogP contribution in [0, 0.1) is 5.41 Å². The van der Waals surface area contributed by atoms with Crippen LogP contribution in [0.1, 0.15) is 11.1 Å². The first-order chi connectivity index (χ1) is 17.0. The monoisotopic (exact) mass is 494 g/mol. The Morgan fingerprint density at radius 2 is 1.83 bits per heavy atom. The van der Waals surface area contributed by atoms with Crippen molar-refractivity contribution in [3.63, 3.8) is 0 Å². The third-order valence-electron chi connectivity index (χ3n) is 5.31. The van der Waals surface area contributed by atoms with Gasteiger partial charge in [0.05, 0.1) is 24.6 Å². The van der Waals surface area contributed by atoms with E-state index in [0.29, 0.717) is 42.7 Å². The van der Waals surface area contributed by atoms with Crippen LogP contribution in [-0.2, 0) is 14.3 Å². The Bertz CT molecular complexity index is 1190. The molecule has 1 saturated heterocycles. The molecule has 0 radical (unpaired) electrons. The molecule has 11 nitrogen and oxygen atoms in total. The van der Waals surface area contributed by atoms with E-state index >= 15 is 0 Å². The molecule has 182 valence electrons. The number of hydrogen-bond donors (Lipinski definition) is 5. The minimum absolute atomic E-state index is 0.00347. The number of nitrogens with one attached hydrogen (secondary N) is 2. The molecule has 0 aliphatic carbocycles. The van der Waals surface area contributed by atoms with Gasteiger partial charge in [0.15, 0.2) is 0 Å². The lowest BCUT2D eigenvalue weighted by Crippen LogP contribution is -2.38. The quantitative estimate of drug-likeness (QED) is 0.234. The first-order valence-electron chi connectivity index (χ1n) is 10.8. The lowest BCUT2D eigenvalue weighted by Gasteiger charge is -2.30. The van der Waals surface area contributed by atoms with Crippen LogP contribution >= 0.6 is 11.9 Å². The lowest BCUT2D eigenvalue weighted by molar-refractivity contribution is -0.117. The third-order valence-corrected chi connectivity index (χ3v) is 6.02. The Kier molecular flexibility index (Phi) is 7.65. The van der Waals surface area contributed by atoms with E-state index in [1.165, 1.54) is 0 Å². The number of carbonyl (C=O) groups excluding carboxylic acids is 1. The number of nitrogens with two attached hydrogens (primary N) is 3. The van der Waals surface area contributed by atoms with Crippen molar-refractivity contribution >= 4 is 41.2 Å². The van der Waals surface area contributed by atoms with E-state index in [0.717, 1.165) is 23.1 Å². The zero-order chi connectivity index (χ0) is 24.8. The molecule has 1 atom stereocenters. The summed E-state index contributed by atoms with van der Waals surface area (Å²) in [4.78, 5) is 23.5. The summed E-state index contributed by atoms with van der Waals surface area (Å²) in [5.74, 6) is -0.924. The molecule has 1 unspecified atom stereocenters. The summed E-state index contributed by atoms with van der Waals surface area (Å²) in [5.41, 5.74) is 14.8. The van der Waals surface area contributed by atoms with E-state index in [-0.39, 0.29) is 5.70 Å². The van der Waals surface area contributed by atoms with Crippen LogP contribution in [0.2, 0.25) is 0 Å². The Morgan fingerprint density at radius 1 is 1.14 bits per heavy atom. The Labute approximate surface area is 206 Å². The number of rotatable bonds is 5.